The van der Waals surface area contributed by atoms with E-state index in [1.165, 1.54) is 4.90 Å². The lowest BCUT2D eigenvalue weighted by molar-refractivity contribution is 0.0987. The first-order valence-electron chi connectivity index (χ1n) is 5.29. The molecule has 4 nitrogen and oxygen atoms in total. The lowest BCUT2D eigenvalue weighted by atomic mass is 10.2. The van der Waals surface area contributed by atoms with Crippen LogP contribution in [0.2, 0.25) is 0 Å². The second-order valence-corrected chi connectivity index (χ2v) is 6.44. The van der Waals surface area contributed by atoms with Gasteiger partial charge in [0.05, 0.1) is 18.1 Å². The van der Waals surface area contributed by atoms with Gasteiger partial charge >= 0.3 is 0 Å². The van der Waals surface area contributed by atoms with Crippen molar-refractivity contribution in [2.24, 2.45) is 0 Å². The molecule has 0 aromatic rings. The highest BCUT2D eigenvalue weighted by Gasteiger charge is 2.24. The van der Waals surface area contributed by atoms with Crippen LogP contribution in [0.4, 0.5) is 8.78 Å². The molecule has 0 radical (unpaired) electrons. The van der Waals surface area contributed by atoms with Gasteiger partial charge in [-0.05, 0) is 20.0 Å². The number of nitrogens with zero attached hydrogens (tertiary/aromatic N) is 1. The maximum atomic E-state index is 12.0. The fourth-order valence-electron chi connectivity index (χ4n) is 1.76. The van der Waals surface area contributed by atoms with E-state index >= 15 is 0 Å². The van der Waals surface area contributed by atoms with Crippen LogP contribution in [0.15, 0.2) is 0 Å². The number of hydrogen-bond donors (Lipinski definition) is 1. The fourth-order valence-corrected chi connectivity index (χ4v) is 3.25. The Morgan fingerprint density at radius 2 is 2.19 bits per heavy atom. The van der Waals surface area contributed by atoms with Gasteiger partial charge < -0.3 is 10.2 Å². The van der Waals surface area contributed by atoms with Gasteiger partial charge in [-0.1, -0.05) is 0 Å². The molecule has 1 fully saturated rings. The molecule has 1 heterocycles. The van der Waals surface area contributed by atoms with E-state index in [0.717, 1.165) is 0 Å². The van der Waals surface area contributed by atoms with Gasteiger partial charge in [-0.15, -0.1) is 0 Å². The maximum Gasteiger partial charge on any atom is 0.251 e. The zero-order chi connectivity index (χ0) is 12.2. The van der Waals surface area contributed by atoms with E-state index in [4.69, 9.17) is 0 Å². The zero-order valence-electron chi connectivity index (χ0n) is 9.33. The van der Waals surface area contributed by atoms with Gasteiger partial charge in [0, 0.05) is 12.6 Å². The molecule has 1 aliphatic rings. The summed E-state index contributed by atoms with van der Waals surface area (Å²) < 4.78 is 46.7. The first kappa shape index (κ1) is 13.8. The molecule has 96 valence electrons. The summed E-state index contributed by atoms with van der Waals surface area (Å²) >= 11 is 0. The Kier molecular flexibility index (Phi) is 5.07. The summed E-state index contributed by atoms with van der Waals surface area (Å²) in [4.78, 5) is 1.52. The molecule has 16 heavy (non-hydrogen) atoms. The van der Waals surface area contributed by atoms with Crippen molar-refractivity contribution in [1.29, 1.82) is 0 Å². The minimum atomic E-state index is -2.93. The maximum absolute atomic E-state index is 12.0. The molecule has 1 N–H and O–H groups in total. The van der Waals surface area contributed by atoms with Gasteiger partial charge in [0.2, 0.25) is 0 Å². The van der Waals surface area contributed by atoms with Crippen molar-refractivity contribution in [2.75, 3.05) is 38.2 Å². The first-order chi connectivity index (χ1) is 7.39. The van der Waals surface area contributed by atoms with Crippen LogP contribution >= 0.6 is 0 Å². The van der Waals surface area contributed by atoms with E-state index in [1.807, 2.05) is 0 Å². The van der Waals surface area contributed by atoms with E-state index < -0.39 is 16.3 Å². The quantitative estimate of drug-likeness (QED) is 0.750. The van der Waals surface area contributed by atoms with Crippen LogP contribution in [0.1, 0.15) is 6.42 Å². The molecule has 1 saturated heterocycles. The molecule has 0 aromatic heterocycles. The normalized spacial score (nSPS) is 25.2. The molecule has 0 saturated carbocycles. The van der Waals surface area contributed by atoms with Gasteiger partial charge in [0.1, 0.15) is 0 Å². The largest absolute Gasteiger partial charge is 0.312 e. The van der Waals surface area contributed by atoms with Crippen LogP contribution in [0, 0.1) is 0 Å². The highest BCUT2D eigenvalue weighted by molar-refractivity contribution is 7.91. The van der Waals surface area contributed by atoms with Crippen molar-refractivity contribution < 1.29 is 17.2 Å². The summed E-state index contributed by atoms with van der Waals surface area (Å²) in [5, 5.41) is 3.09. The number of halogens is 2. The van der Waals surface area contributed by atoms with Crippen molar-refractivity contribution in [3.8, 4) is 0 Å². The fraction of sp³-hybridized carbons (Fsp3) is 1.00. The SMILES string of the molecule is CN(CCC1CS(=O)(=O)CCN1)CC(F)F. The van der Waals surface area contributed by atoms with Gasteiger partial charge in [-0.2, -0.15) is 0 Å². The van der Waals surface area contributed by atoms with Crippen molar-refractivity contribution in [1.82, 2.24) is 10.2 Å². The van der Waals surface area contributed by atoms with Crippen molar-refractivity contribution >= 4 is 9.84 Å². The lowest BCUT2D eigenvalue weighted by Gasteiger charge is -2.25. The highest BCUT2D eigenvalue weighted by atomic mass is 32.2. The molecular weight excluding hydrogens is 238 g/mol. The molecule has 0 spiro atoms. The number of alkyl halides is 2. The highest BCUT2D eigenvalue weighted by Crippen LogP contribution is 2.06. The molecule has 0 aliphatic carbocycles. The average Bonchev–Trinajstić information content (AvgIpc) is 2.12. The summed E-state index contributed by atoms with van der Waals surface area (Å²) in [6.45, 7) is 0.683. The summed E-state index contributed by atoms with van der Waals surface area (Å²) in [6.07, 6.45) is -1.75. The van der Waals surface area contributed by atoms with E-state index in [2.05, 4.69) is 5.32 Å². The Bertz CT molecular complexity index is 309. The average molecular weight is 256 g/mol. The molecule has 1 unspecified atom stereocenters. The van der Waals surface area contributed by atoms with Gasteiger partial charge in [0.15, 0.2) is 9.84 Å². The van der Waals surface area contributed by atoms with E-state index in [-0.39, 0.29) is 24.1 Å². The van der Waals surface area contributed by atoms with E-state index in [9.17, 15) is 17.2 Å². The third kappa shape index (κ3) is 5.18. The second-order valence-electron chi connectivity index (χ2n) is 4.21. The lowest BCUT2D eigenvalue weighted by Crippen LogP contribution is -2.46. The van der Waals surface area contributed by atoms with Crippen LogP contribution < -0.4 is 5.32 Å². The van der Waals surface area contributed by atoms with Crippen LogP contribution in [0.25, 0.3) is 0 Å². The third-order valence-corrected chi connectivity index (χ3v) is 4.35. The minimum Gasteiger partial charge on any atom is -0.312 e. The second kappa shape index (κ2) is 5.88. The molecule has 1 rings (SSSR count). The number of nitrogens with one attached hydrogen (secondary N) is 1. The molecule has 1 aliphatic heterocycles. The Labute approximate surface area is 94.9 Å². The predicted octanol–water partition coefficient (Wildman–Crippen LogP) is -0.0400. The minimum absolute atomic E-state index is 0.0983. The number of rotatable bonds is 5. The molecule has 0 bridgehead atoms. The van der Waals surface area contributed by atoms with Crippen LogP contribution in [-0.4, -0.2) is 64.0 Å². The standard InChI is InChI=1S/C9H18F2N2O2S/c1-13(6-9(10)11)4-2-8-7-16(14,15)5-3-12-8/h8-9,12H,2-7H2,1H3. The van der Waals surface area contributed by atoms with Crippen LogP contribution in [0.3, 0.4) is 0 Å². The van der Waals surface area contributed by atoms with Crippen LogP contribution in [0.5, 0.6) is 0 Å². The van der Waals surface area contributed by atoms with E-state index in [1.54, 1.807) is 7.05 Å². The summed E-state index contributed by atoms with van der Waals surface area (Å²) in [6, 6.07) is -0.0983. The van der Waals surface area contributed by atoms with Crippen molar-refractivity contribution in [3.63, 3.8) is 0 Å². The molecule has 7 heteroatoms. The Balaban J connectivity index is 2.27. The molecule has 0 aromatic carbocycles. The predicted molar refractivity (Wildman–Crippen MR) is 58.6 cm³/mol. The zero-order valence-corrected chi connectivity index (χ0v) is 10.1. The number of hydrogen-bond acceptors (Lipinski definition) is 4. The Hall–Kier alpha value is -0.270. The third-order valence-electron chi connectivity index (χ3n) is 2.61. The summed E-state index contributed by atoms with van der Waals surface area (Å²) in [7, 11) is -1.32. The first-order valence-corrected chi connectivity index (χ1v) is 7.12. The molecule has 1 atom stereocenters. The monoisotopic (exact) mass is 256 g/mol. The van der Waals surface area contributed by atoms with Gasteiger partial charge in [-0.25, -0.2) is 17.2 Å². The Morgan fingerprint density at radius 3 is 2.75 bits per heavy atom. The summed E-state index contributed by atoms with van der Waals surface area (Å²) in [5.74, 6) is 0.298. The molecular formula is C9H18F2N2O2S. The Morgan fingerprint density at radius 1 is 1.50 bits per heavy atom. The topological polar surface area (TPSA) is 49.4 Å². The summed E-state index contributed by atoms with van der Waals surface area (Å²) in [5.41, 5.74) is 0. The molecule has 0 amide bonds. The van der Waals surface area contributed by atoms with Crippen molar-refractivity contribution in [2.45, 2.75) is 18.9 Å². The van der Waals surface area contributed by atoms with Gasteiger partial charge in [-0.3, -0.25) is 0 Å². The van der Waals surface area contributed by atoms with Crippen LogP contribution in [-0.2, 0) is 9.84 Å². The van der Waals surface area contributed by atoms with Gasteiger partial charge in [0.25, 0.3) is 6.43 Å². The van der Waals surface area contributed by atoms with E-state index in [0.29, 0.717) is 19.5 Å². The smallest absolute Gasteiger partial charge is 0.251 e. The van der Waals surface area contributed by atoms with Crippen molar-refractivity contribution in [3.05, 3.63) is 0 Å². The number of sulfone groups is 1.